The molecule has 3 rings (SSSR count). The van der Waals surface area contributed by atoms with Crippen molar-refractivity contribution in [3.05, 3.63) is 36.0 Å². The molecule has 2 aromatic rings. The minimum Gasteiger partial charge on any atom is -0.388 e. The maximum atomic E-state index is 4.49. The minimum absolute atomic E-state index is 0.778. The van der Waals surface area contributed by atoms with Gasteiger partial charge in [0.1, 0.15) is 0 Å². The molecule has 0 saturated heterocycles. The van der Waals surface area contributed by atoms with Gasteiger partial charge in [-0.05, 0) is 48.6 Å². The summed E-state index contributed by atoms with van der Waals surface area (Å²) in [7, 11) is 1.94. The summed E-state index contributed by atoms with van der Waals surface area (Å²) in [6.45, 7) is 0. The van der Waals surface area contributed by atoms with E-state index in [1.165, 1.54) is 23.8 Å². The number of anilines is 1. The Morgan fingerprint density at radius 2 is 2.13 bits per heavy atom. The lowest BCUT2D eigenvalue weighted by atomic mass is 10.1. The van der Waals surface area contributed by atoms with E-state index in [4.69, 9.17) is 0 Å². The molecule has 1 fully saturated rings. The van der Waals surface area contributed by atoms with Crippen LogP contribution in [-0.4, -0.2) is 12.0 Å². The number of hydrogen-bond acceptors (Lipinski definition) is 2. The molecule has 2 nitrogen and oxygen atoms in total. The van der Waals surface area contributed by atoms with Gasteiger partial charge in [-0.1, -0.05) is 0 Å². The van der Waals surface area contributed by atoms with Crippen LogP contribution in [-0.2, 0) is 0 Å². The summed E-state index contributed by atoms with van der Waals surface area (Å²) in [5.41, 5.74) is 3.63. The summed E-state index contributed by atoms with van der Waals surface area (Å²) < 4.78 is 0. The fourth-order valence-electron chi connectivity index (χ4n) is 1.94. The fourth-order valence-corrected chi connectivity index (χ4v) is 1.94. The molecular weight excluding hydrogens is 184 g/mol. The average molecular weight is 198 g/mol. The second kappa shape index (κ2) is 3.23. The molecular formula is C13H14N2. The fraction of sp³-hybridized carbons (Fsp3) is 0.308. The van der Waals surface area contributed by atoms with E-state index >= 15 is 0 Å². The molecule has 1 aromatic carbocycles. The summed E-state index contributed by atoms with van der Waals surface area (Å²) in [6.07, 6.45) is 4.69. The third-order valence-electron chi connectivity index (χ3n) is 3.04. The molecule has 0 atom stereocenters. The zero-order chi connectivity index (χ0) is 10.3. The Hall–Kier alpha value is -1.57. The van der Waals surface area contributed by atoms with Crippen molar-refractivity contribution in [3.63, 3.8) is 0 Å². The molecule has 0 radical (unpaired) electrons. The Morgan fingerprint density at radius 3 is 2.87 bits per heavy atom. The van der Waals surface area contributed by atoms with Crippen molar-refractivity contribution in [2.75, 3.05) is 12.4 Å². The topological polar surface area (TPSA) is 24.9 Å². The quantitative estimate of drug-likeness (QED) is 0.801. The second-order valence-corrected chi connectivity index (χ2v) is 4.20. The highest BCUT2D eigenvalue weighted by Crippen LogP contribution is 2.40. The smallest absolute Gasteiger partial charge is 0.0703 e. The largest absolute Gasteiger partial charge is 0.388 e. The zero-order valence-electron chi connectivity index (χ0n) is 8.83. The minimum atomic E-state index is 0.778. The van der Waals surface area contributed by atoms with Gasteiger partial charge >= 0.3 is 0 Å². The maximum absolute atomic E-state index is 4.49. The van der Waals surface area contributed by atoms with E-state index in [0.29, 0.717) is 0 Å². The maximum Gasteiger partial charge on any atom is 0.0703 e. The lowest BCUT2D eigenvalue weighted by molar-refractivity contribution is 1.11. The predicted molar refractivity (Wildman–Crippen MR) is 63.3 cm³/mol. The Labute approximate surface area is 89.3 Å². The Morgan fingerprint density at radius 1 is 1.27 bits per heavy atom. The highest BCUT2D eigenvalue weighted by atomic mass is 14.8. The standard InChI is InChI=1S/C13H14N2/c1-14-12-4-5-13-10(7-12)6-11(8-15-13)9-2-3-9/h4-9,14H,2-3H2,1H3. The van der Waals surface area contributed by atoms with E-state index in [1.807, 2.05) is 13.2 Å². The van der Waals surface area contributed by atoms with E-state index in [2.05, 4.69) is 34.6 Å². The van der Waals surface area contributed by atoms with E-state index in [0.717, 1.165) is 17.1 Å². The van der Waals surface area contributed by atoms with Gasteiger partial charge in [0.15, 0.2) is 0 Å². The summed E-state index contributed by atoms with van der Waals surface area (Å²) in [4.78, 5) is 4.49. The first-order valence-electron chi connectivity index (χ1n) is 5.44. The molecule has 1 N–H and O–H groups in total. The van der Waals surface area contributed by atoms with Crippen molar-refractivity contribution in [3.8, 4) is 0 Å². The molecule has 1 heterocycles. The van der Waals surface area contributed by atoms with Gasteiger partial charge in [0.2, 0.25) is 0 Å². The van der Waals surface area contributed by atoms with Crippen LogP contribution in [0.1, 0.15) is 24.3 Å². The monoisotopic (exact) mass is 198 g/mol. The molecule has 1 saturated carbocycles. The highest BCUT2D eigenvalue weighted by Gasteiger charge is 2.23. The third kappa shape index (κ3) is 1.56. The molecule has 76 valence electrons. The molecule has 1 aliphatic carbocycles. The van der Waals surface area contributed by atoms with Crippen molar-refractivity contribution < 1.29 is 0 Å². The molecule has 15 heavy (non-hydrogen) atoms. The van der Waals surface area contributed by atoms with Crippen LogP contribution in [0.2, 0.25) is 0 Å². The Bertz CT molecular complexity index is 501. The average Bonchev–Trinajstić information content (AvgIpc) is 3.11. The molecule has 1 aromatic heterocycles. The van der Waals surface area contributed by atoms with Gasteiger partial charge in [-0.3, -0.25) is 4.98 Å². The van der Waals surface area contributed by atoms with E-state index in [-0.39, 0.29) is 0 Å². The second-order valence-electron chi connectivity index (χ2n) is 4.20. The summed E-state index contributed by atoms with van der Waals surface area (Å²) in [5, 5.41) is 4.40. The van der Waals surface area contributed by atoms with Gasteiger partial charge in [-0.15, -0.1) is 0 Å². The summed E-state index contributed by atoms with van der Waals surface area (Å²) in [6, 6.07) is 8.57. The first kappa shape index (κ1) is 8.72. The van der Waals surface area contributed by atoms with Gasteiger partial charge < -0.3 is 5.32 Å². The number of pyridine rings is 1. The molecule has 0 unspecified atom stereocenters. The van der Waals surface area contributed by atoms with Crippen molar-refractivity contribution in [2.24, 2.45) is 0 Å². The van der Waals surface area contributed by atoms with Crippen LogP contribution >= 0.6 is 0 Å². The van der Waals surface area contributed by atoms with Crippen molar-refractivity contribution >= 4 is 16.6 Å². The van der Waals surface area contributed by atoms with Crippen LogP contribution < -0.4 is 5.32 Å². The zero-order valence-corrected chi connectivity index (χ0v) is 8.83. The van der Waals surface area contributed by atoms with Crippen LogP contribution in [0.3, 0.4) is 0 Å². The molecule has 1 aliphatic rings. The van der Waals surface area contributed by atoms with Gasteiger partial charge in [-0.2, -0.15) is 0 Å². The number of benzene rings is 1. The van der Waals surface area contributed by atoms with E-state index in [9.17, 15) is 0 Å². The molecule has 0 spiro atoms. The summed E-state index contributed by atoms with van der Waals surface area (Å²) in [5.74, 6) is 0.778. The molecule has 0 aliphatic heterocycles. The van der Waals surface area contributed by atoms with Gasteiger partial charge in [0.25, 0.3) is 0 Å². The van der Waals surface area contributed by atoms with E-state index in [1.54, 1.807) is 0 Å². The number of nitrogens with zero attached hydrogens (tertiary/aromatic N) is 1. The first-order valence-corrected chi connectivity index (χ1v) is 5.44. The number of hydrogen-bond donors (Lipinski definition) is 1. The lowest BCUT2D eigenvalue weighted by Gasteiger charge is -2.04. The van der Waals surface area contributed by atoms with Crippen molar-refractivity contribution in [2.45, 2.75) is 18.8 Å². The number of fused-ring (bicyclic) bond motifs is 1. The summed E-state index contributed by atoms with van der Waals surface area (Å²) >= 11 is 0. The lowest BCUT2D eigenvalue weighted by Crippen LogP contribution is -1.89. The van der Waals surface area contributed by atoms with Crippen LogP contribution in [0.25, 0.3) is 10.9 Å². The third-order valence-corrected chi connectivity index (χ3v) is 3.04. The van der Waals surface area contributed by atoms with Gasteiger partial charge in [-0.25, -0.2) is 0 Å². The molecule has 0 amide bonds. The van der Waals surface area contributed by atoms with Crippen molar-refractivity contribution in [1.82, 2.24) is 4.98 Å². The number of rotatable bonds is 2. The highest BCUT2D eigenvalue weighted by molar-refractivity contribution is 5.82. The first-order chi connectivity index (χ1) is 7.36. The van der Waals surface area contributed by atoms with Crippen molar-refractivity contribution in [1.29, 1.82) is 0 Å². The molecule has 2 heteroatoms. The normalized spacial score (nSPS) is 15.5. The number of aromatic nitrogens is 1. The van der Waals surface area contributed by atoms with Crippen LogP contribution in [0.15, 0.2) is 30.5 Å². The van der Waals surface area contributed by atoms with Crippen LogP contribution in [0, 0.1) is 0 Å². The number of nitrogens with one attached hydrogen (secondary N) is 1. The Kier molecular flexibility index (Phi) is 1.88. The predicted octanol–water partition coefficient (Wildman–Crippen LogP) is 3.15. The SMILES string of the molecule is CNc1ccc2ncc(C3CC3)cc2c1. The Balaban J connectivity index is 2.14. The van der Waals surface area contributed by atoms with Gasteiger partial charge in [0, 0.05) is 24.3 Å². The van der Waals surface area contributed by atoms with Gasteiger partial charge in [0.05, 0.1) is 5.52 Å². The van der Waals surface area contributed by atoms with E-state index < -0.39 is 0 Å². The van der Waals surface area contributed by atoms with Crippen LogP contribution in [0.5, 0.6) is 0 Å². The van der Waals surface area contributed by atoms with Crippen LogP contribution in [0.4, 0.5) is 5.69 Å². The molecule has 0 bridgehead atoms.